The first-order valence-electron chi connectivity index (χ1n) is 10.0. The molecule has 0 N–H and O–H groups in total. The fraction of sp³-hybridized carbons (Fsp3) is 0.375. The van der Waals surface area contributed by atoms with Crippen LogP contribution in [-0.4, -0.2) is 30.3 Å². The van der Waals surface area contributed by atoms with Gasteiger partial charge in [0.1, 0.15) is 5.66 Å². The van der Waals surface area contributed by atoms with E-state index in [9.17, 15) is 4.79 Å². The molecule has 2 heterocycles. The maximum atomic E-state index is 13.1. The third kappa shape index (κ3) is 2.12. The lowest BCUT2D eigenvalue weighted by molar-refractivity contribution is 0.0691. The van der Waals surface area contributed by atoms with Gasteiger partial charge in [0.05, 0.1) is 12.8 Å². The molecule has 0 radical (unpaired) electrons. The van der Waals surface area contributed by atoms with E-state index in [1.54, 1.807) is 0 Å². The monoisotopic (exact) mass is 374 g/mol. The van der Waals surface area contributed by atoms with Crippen molar-refractivity contribution in [1.82, 2.24) is 4.90 Å². The summed E-state index contributed by atoms with van der Waals surface area (Å²) < 4.78 is 5.30. The molecule has 4 heteroatoms. The normalized spacial score (nSPS) is 28.4. The molecule has 1 amide bonds. The molecule has 1 aliphatic carbocycles. The summed E-state index contributed by atoms with van der Waals surface area (Å²) in [5, 5.41) is 0. The number of amides is 1. The van der Waals surface area contributed by atoms with E-state index in [-0.39, 0.29) is 11.5 Å². The van der Waals surface area contributed by atoms with Gasteiger partial charge in [-0.3, -0.25) is 9.80 Å². The number of allylic oxidation sites excluding steroid dienone is 1. The number of anilines is 1. The predicted octanol–water partition coefficient (Wildman–Crippen LogP) is 4.85. The van der Waals surface area contributed by atoms with Gasteiger partial charge in [0.25, 0.3) is 0 Å². The Bertz CT molecular complexity index is 954. The highest BCUT2D eigenvalue weighted by molar-refractivity contribution is 5.94. The molecule has 28 heavy (non-hydrogen) atoms. The molecule has 0 aromatic heterocycles. The van der Waals surface area contributed by atoms with E-state index < -0.39 is 5.66 Å². The van der Waals surface area contributed by atoms with Crippen LogP contribution in [0.4, 0.5) is 10.5 Å². The molecule has 0 saturated carbocycles. The zero-order chi connectivity index (χ0) is 19.4. The number of rotatable bonds is 2. The van der Waals surface area contributed by atoms with Gasteiger partial charge in [0.15, 0.2) is 0 Å². The molecule has 0 unspecified atom stereocenters. The van der Waals surface area contributed by atoms with E-state index in [4.69, 9.17) is 4.74 Å². The Morgan fingerprint density at radius 3 is 2.64 bits per heavy atom. The minimum absolute atomic E-state index is 0.0780. The maximum Gasteiger partial charge on any atom is 0.415 e. The first kappa shape index (κ1) is 17.5. The van der Waals surface area contributed by atoms with E-state index in [1.165, 1.54) is 23.8 Å². The highest BCUT2D eigenvalue weighted by Gasteiger charge is 2.69. The molecule has 2 aliphatic heterocycles. The van der Waals surface area contributed by atoms with E-state index in [1.807, 2.05) is 11.0 Å². The summed E-state index contributed by atoms with van der Waals surface area (Å²) in [5.74, 6) is 0. The molecular weight excluding hydrogens is 348 g/mol. The van der Waals surface area contributed by atoms with Crippen LogP contribution >= 0.6 is 0 Å². The summed E-state index contributed by atoms with van der Waals surface area (Å²) in [6.07, 6.45) is 4.93. The molecule has 2 atom stereocenters. The van der Waals surface area contributed by atoms with Gasteiger partial charge in [-0.25, -0.2) is 4.79 Å². The summed E-state index contributed by atoms with van der Waals surface area (Å²) in [4.78, 5) is 17.6. The van der Waals surface area contributed by atoms with Crippen molar-refractivity contribution in [2.75, 3.05) is 18.6 Å². The van der Waals surface area contributed by atoms with E-state index >= 15 is 0 Å². The zero-order valence-corrected chi connectivity index (χ0v) is 16.5. The molecule has 144 valence electrons. The first-order valence-corrected chi connectivity index (χ1v) is 10.0. The van der Waals surface area contributed by atoms with E-state index in [2.05, 4.69) is 66.4 Å². The number of nitrogens with zero attached hydrogens (tertiary/aromatic N) is 2. The number of methoxy groups -OCH3 is 1. The molecule has 2 aromatic carbocycles. The number of hydrogen-bond donors (Lipinski definition) is 0. The number of carbonyl (C=O) groups is 1. The van der Waals surface area contributed by atoms with Crippen molar-refractivity contribution in [3.05, 3.63) is 77.4 Å². The molecule has 3 aliphatic rings. The van der Waals surface area contributed by atoms with Gasteiger partial charge >= 0.3 is 6.09 Å². The van der Waals surface area contributed by atoms with Crippen LogP contribution in [0.5, 0.6) is 0 Å². The van der Waals surface area contributed by atoms with Crippen LogP contribution in [0.1, 0.15) is 37.3 Å². The maximum absolute atomic E-state index is 13.1. The fourth-order valence-corrected chi connectivity index (χ4v) is 5.95. The van der Waals surface area contributed by atoms with Gasteiger partial charge in [-0.05, 0) is 37.0 Å². The smallest absolute Gasteiger partial charge is 0.415 e. The zero-order valence-electron chi connectivity index (χ0n) is 16.5. The van der Waals surface area contributed by atoms with Crippen molar-refractivity contribution < 1.29 is 9.53 Å². The Hall–Kier alpha value is -2.59. The van der Waals surface area contributed by atoms with Crippen molar-refractivity contribution in [2.45, 2.75) is 43.8 Å². The van der Waals surface area contributed by atoms with Crippen LogP contribution in [0.25, 0.3) is 0 Å². The quantitative estimate of drug-likeness (QED) is 0.704. The number of carbonyl (C=O) groups excluding carboxylic acids is 1. The van der Waals surface area contributed by atoms with Gasteiger partial charge in [-0.15, -0.1) is 0 Å². The molecule has 0 spiro atoms. The minimum atomic E-state index is -0.404. The van der Waals surface area contributed by atoms with Gasteiger partial charge in [-0.2, -0.15) is 0 Å². The van der Waals surface area contributed by atoms with Crippen molar-refractivity contribution in [3.63, 3.8) is 0 Å². The molecule has 5 rings (SSSR count). The van der Waals surface area contributed by atoms with Crippen molar-refractivity contribution in [1.29, 1.82) is 0 Å². The summed E-state index contributed by atoms with van der Waals surface area (Å²) in [6, 6.07) is 19.0. The topological polar surface area (TPSA) is 32.8 Å². The average molecular weight is 374 g/mol. The molecule has 0 bridgehead atoms. The summed E-state index contributed by atoms with van der Waals surface area (Å²) in [6.45, 7) is 4.02. The van der Waals surface area contributed by atoms with Gasteiger partial charge in [0, 0.05) is 24.9 Å². The SMILES string of the molecule is COC(=O)N1c2ccccc2[C@]23CCN(Cc4ccccc4)[C@]12CC=C(C)C3. The lowest BCUT2D eigenvalue weighted by Gasteiger charge is -2.51. The van der Waals surface area contributed by atoms with Gasteiger partial charge in [-0.1, -0.05) is 60.2 Å². The number of para-hydroxylation sites is 1. The number of hydrogen-bond acceptors (Lipinski definition) is 3. The third-order valence-corrected chi connectivity index (χ3v) is 7.02. The second kappa shape index (κ2) is 6.21. The predicted molar refractivity (Wildman–Crippen MR) is 110 cm³/mol. The summed E-state index contributed by atoms with van der Waals surface area (Å²) >= 11 is 0. The molecule has 1 saturated heterocycles. The third-order valence-electron chi connectivity index (χ3n) is 7.02. The van der Waals surface area contributed by atoms with Crippen molar-refractivity contribution >= 4 is 11.8 Å². The molecular formula is C24H26N2O2. The van der Waals surface area contributed by atoms with E-state index in [0.29, 0.717) is 0 Å². The largest absolute Gasteiger partial charge is 0.452 e. The minimum Gasteiger partial charge on any atom is -0.452 e. The lowest BCUT2D eigenvalue weighted by Crippen LogP contribution is -2.65. The van der Waals surface area contributed by atoms with Crippen LogP contribution in [-0.2, 0) is 16.7 Å². The molecule has 1 fully saturated rings. The molecule has 4 nitrogen and oxygen atoms in total. The Morgan fingerprint density at radius 1 is 1.11 bits per heavy atom. The Kier molecular flexibility index (Phi) is 3.88. The van der Waals surface area contributed by atoms with Crippen LogP contribution in [0.3, 0.4) is 0 Å². The Morgan fingerprint density at radius 2 is 1.86 bits per heavy atom. The highest BCUT2D eigenvalue weighted by atomic mass is 16.5. The van der Waals surface area contributed by atoms with Crippen LogP contribution in [0, 0.1) is 0 Å². The lowest BCUT2D eigenvalue weighted by atomic mass is 9.64. The highest BCUT2D eigenvalue weighted by Crippen LogP contribution is 2.64. The summed E-state index contributed by atoms with van der Waals surface area (Å²) in [5.41, 5.74) is 4.52. The average Bonchev–Trinajstić information content (AvgIpc) is 3.17. The summed E-state index contributed by atoms with van der Waals surface area (Å²) in [7, 11) is 1.49. The second-order valence-corrected chi connectivity index (χ2v) is 8.31. The number of benzene rings is 2. The van der Waals surface area contributed by atoms with Gasteiger partial charge < -0.3 is 4.74 Å². The van der Waals surface area contributed by atoms with E-state index in [0.717, 1.165) is 38.0 Å². The Balaban J connectivity index is 1.71. The second-order valence-electron chi connectivity index (χ2n) is 8.31. The van der Waals surface area contributed by atoms with Crippen molar-refractivity contribution in [2.24, 2.45) is 0 Å². The van der Waals surface area contributed by atoms with Crippen LogP contribution in [0.15, 0.2) is 66.2 Å². The van der Waals surface area contributed by atoms with Crippen LogP contribution in [0.2, 0.25) is 0 Å². The standard InChI is InChI=1S/C24H26N2O2/c1-18-12-13-24-23(16-18,14-15-25(24)17-19-8-4-3-5-9-19)20-10-6-7-11-21(20)26(24)22(27)28-2/h3-12H,13-17H2,1-2H3/t23-,24-/m1/s1. The number of likely N-dealkylation sites (tertiary alicyclic amines) is 1. The van der Waals surface area contributed by atoms with Crippen molar-refractivity contribution in [3.8, 4) is 0 Å². The van der Waals surface area contributed by atoms with Gasteiger partial charge in [0.2, 0.25) is 0 Å². The fourth-order valence-electron chi connectivity index (χ4n) is 5.95. The molecule has 2 aromatic rings. The first-order chi connectivity index (χ1) is 13.6. The number of fused-ring (bicyclic) bond motifs is 1. The number of ether oxygens (including phenoxy) is 1. The van der Waals surface area contributed by atoms with Crippen LogP contribution < -0.4 is 4.90 Å². The Labute approximate surface area is 166 Å².